The molecular formula is C16H16N4O3. The van der Waals surface area contributed by atoms with Crippen molar-refractivity contribution in [3.63, 3.8) is 0 Å². The standard InChI is InChI=1S/C16H16N4O3/c1-2-23-14(12-6-4-3-5-7-12)11-19-16-15(20(21)22)13(10-17)8-9-18-16/h3-9,14H,2,11H2,1H3,(H,18,19). The van der Waals surface area contributed by atoms with E-state index in [-0.39, 0.29) is 23.2 Å². The van der Waals surface area contributed by atoms with Gasteiger partial charge in [0.25, 0.3) is 0 Å². The normalized spacial score (nSPS) is 11.5. The number of pyridine rings is 1. The molecular weight excluding hydrogens is 296 g/mol. The van der Waals surface area contributed by atoms with E-state index in [0.717, 1.165) is 5.56 Å². The summed E-state index contributed by atoms with van der Waals surface area (Å²) >= 11 is 0. The first kappa shape index (κ1) is 16.4. The predicted molar refractivity (Wildman–Crippen MR) is 84.9 cm³/mol. The third kappa shape index (κ3) is 4.02. The molecule has 0 aliphatic carbocycles. The van der Waals surface area contributed by atoms with Crippen LogP contribution in [0.3, 0.4) is 0 Å². The van der Waals surface area contributed by atoms with Crippen LogP contribution in [0.1, 0.15) is 24.2 Å². The molecule has 0 amide bonds. The molecule has 118 valence electrons. The SMILES string of the molecule is CCOC(CNc1nccc(C#N)c1[N+](=O)[O-])c1ccccc1. The smallest absolute Gasteiger partial charge is 0.328 e. The van der Waals surface area contributed by atoms with Crippen LogP contribution in [0.2, 0.25) is 0 Å². The second kappa shape index (κ2) is 7.87. The monoisotopic (exact) mass is 312 g/mol. The van der Waals surface area contributed by atoms with Crippen molar-refractivity contribution in [2.45, 2.75) is 13.0 Å². The van der Waals surface area contributed by atoms with Gasteiger partial charge in [-0.1, -0.05) is 30.3 Å². The summed E-state index contributed by atoms with van der Waals surface area (Å²) in [5, 5.41) is 23.1. The molecule has 0 saturated carbocycles. The molecule has 0 aliphatic rings. The van der Waals surface area contributed by atoms with Gasteiger partial charge in [-0.3, -0.25) is 10.1 Å². The van der Waals surface area contributed by atoms with E-state index < -0.39 is 4.92 Å². The number of nitriles is 1. The highest BCUT2D eigenvalue weighted by Gasteiger charge is 2.22. The number of anilines is 1. The van der Waals surface area contributed by atoms with E-state index >= 15 is 0 Å². The Kier molecular flexibility index (Phi) is 5.61. The predicted octanol–water partition coefficient (Wildman–Crippen LogP) is 3.05. The lowest BCUT2D eigenvalue weighted by molar-refractivity contribution is -0.384. The second-order valence-corrected chi connectivity index (χ2v) is 4.66. The summed E-state index contributed by atoms with van der Waals surface area (Å²) in [7, 11) is 0. The topological polar surface area (TPSA) is 101 Å². The van der Waals surface area contributed by atoms with Gasteiger partial charge in [-0.2, -0.15) is 5.26 Å². The number of ether oxygens (including phenoxy) is 1. The third-order valence-corrected chi connectivity index (χ3v) is 3.22. The maximum atomic E-state index is 11.2. The molecule has 2 rings (SSSR count). The van der Waals surface area contributed by atoms with Gasteiger partial charge in [-0.15, -0.1) is 0 Å². The Morgan fingerprint density at radius 2 is 2.13 bits per heavy atom. The number of nitro groups is 1. The fraction of sp³-hybridized carbons (Fsp3) is 0.250. The minimum Gasteiger partial charge on any atom is -0.372 e. The molecule has 1 atom stereocenters. The van der Waals surface area contributed by atoms with Gasteiger partial charge in [0.15, 0.2) is 0 Å². The van der Waals surface area contributed by atoms with Crippen LogP contribution >= 0.6 is 0 Å². The molecule has 1 unspecified atom stereocenters. The first-order valence-electron chi connectivity index (χ1n) is 7.11. The molecule has 7 nitrogen and oxygen atoms in total. The quantitative estimate of drug-likeness (QED) is 0.623. The Balaban J connectivity index is 2.22. The highest BCUT2D eigenvalue weighted by molar-refractivity contribution is 5.64. The van der Waals surface area contributed by atoms with Crippen LogP contribution in [0.15, 0.2) is 42.6 Å². The molecule has 0 spiro atoms. The number of hydrogen-bond acceptors (Lipinski definition) is 6. The molecule has 1 aromatic carbocycles. The van der Waals surface area contributed by atoms with Crippen molar-refractivity contribution in [1.82, 2.24) is 4.98 Å². The zero-order valence-electron chi connectivity index (χ0n) is 12.6. The van der Waals surface area contributed by atoms with Gasteiger partial charge in [0.1, 0.15) is 11.6 Å². The second-order valence-electron chi connectivity index (χ2n) is 4.66. The molecule has 0 saturated heterocycles. The Hall–Kier alpha value is -2.98. The highest BCUT2D eigenvalue weighted by atomic mass is 16.6. The average Bonchev–Trinajstić information content (AvgIpc) is 2.58. The van der Waals surface area contributed by atoms with E-state index in [4.69, 9.17) is 10.00 Å². The van der Waals surface area contributed by atoms with Gasteiger partial charge in [0.2, 0.25) is 5.82 Å². The van der Waals surface area contributed by atoms with Crippen LogP contribution in [0.5, 0.6) is 0 Å². The molecule has 0 bridgehead atoms. The first-order chi connectivity index (χ1) is 11.2. The fourth-order valence-electron chi connectivity index (χ4n) is 2.19. The van der Waals surface area contributed by atoms with Crippen molar-refractivity contribution in [2.75, 3.05) is 18.5 Å². The van der Waals surface area contributed by atoms with Gasteiger partial charge in [-0.05, 0) is 18.6 Å². The first-order valence-corrected chi connectivity index (χ1v) is 7.11. The number of nitrogens with one attached hydrogen (secondary N) is 1. The van der Waals surface area contributed by atoms with E-state index in [0.29, 0.717) is 13.2 Å². The van der Waals surface area contributed by atoms with Crippen LogP contribution in [0, 0.1) is 21.4 Å². The zero-order chi connectivity index (χ0) is 16.7. The number of rotatable bonds is 7. The van der Waals surface area contributed by atoms with Gasteiger partial charge in [0.05, 0.1) is 11.0 Å². The Labute approximate surface area is 133 Å². The van der Waals surface area contributed by atoms with E-state index in [1.807, 2.05) is 43.3 Å². The van der Waals surface area contributed by atoms with Gasteiger partial charge in [-0.25, -0.2) is 4.98 Å². The molecule has 0 fully saturated rings. The summed E-state index contributed by atoms with van der Waals surface area (Å²) < 4.78 is 5.68. The minimum atomic E-state index is -0.605. The molecule has 1 aromatic heterocycles. The maximum absolute atomic E-state index is 11.2. The van der Waals surface area contributed by atoms with Crippen molar-refractivity contribution in [3.05, 3.63) is 63.8 Å². The number of aromatic nitrogens is 1. The Morgan fingerprint density at radius 1 is 1.39 bits per heavy atom. The lowest BCUT2D eigenvalue weighted by Gasteiger charge is -2.18. The molecule has 1 heterocycles. The Bertz CT molecular complexity index is 713. The van der Waals surface area contributed by atoms with Crippen LogP contribution < -0.4 is 5.32 Å². The molecule has 2 aromatic rings. The van der Waals surface area contributed by atoms with E-state index in [1.165, 1.54) is 12.3 Å². The summed E-state index contributed by atoms with van der Waals surface area (Å²) in [4.78, 5) is 14.6. The minimum absolute atomic E-state index is 0.0276. The lowest BCUT2D eigenvalue weighted by Crippen LogP contribution is -2.17. The van der Waals surface area contributed by atoms with Crippen molar-refractivity contribution in [2.24, 2.45) is 0 Å². The van der Waals surface area contributed by atoms with Gasteiger partial charge in [0, 0.05) is 19.3 Å². The summed E-state index contributed by atoms with van der Waals surface area (Å²) in [6.45, 7) is 2.70. The average molecular weight is 312 g/mol. The summed E-state index contributed by atoms with van der Waals surface area (Å²) in [5.74, 6) is 0.0645. The molecule has 23 heavy (non-hydrogen) atoms. The molecule has 0 radical (unpaired) electrons. The van der Waals surface area contributed by atoms with Crippen molar-refractivity contribution >= 4 is 11.5 Å². The van der Waals surface area contributed by atoms with Crippen LogP contribution in [0.4, 0.5) is 11.5 Å². The Morgan fingerprint density at radius 3 is 2.74 bits per heavy atom. The van der Waals surface area contributed by atoms with Gasteiger partial charge >= 0.3 is 5.69 Å². The lowest BCUT2D eigenvalue weighted by atomic mass is 10.1. The zero-order valence-corrected chi connectivity index (χ0v) is 12.6. The highest BCUT2D eigenvalue weighted by Crippen LogP contribution is 2.27. The third-order valence-electron chi connectivity index (χ3n) is 3.22. The number of benzene rings is 1. The fourth-order valence-corrected chi connectivity index (χ4v) is 2.19. The largest absolute Gasteiger partial charge is 0.372 e. The summed E-state index contributed by atoms with van der Waals surface area (Å²) in [6, 6.07) is 12.7. The van der Waals surface area contributed by atoms with E-state index in [1.54, 1.807) is 0 Å². The van der Waals surface area contributed by atoms with Crippen molar-refractivity contribution in [3.8, 4) is 6.07 Å². The van der Waals surface area contributed by atoms with Crippen molar-refractivity contribution < 1.29 is 9.66 Å². The van der Waals surface area contributed by atoms with E-state index in [9.17, 15) is 10.1 Å². The van der Waals surface area contributed by atoms with Crippen LogP contribution in [0.25, 0.3) is 0 Å². The number of hydrogen-bond donors (Lipinski definition) is 1. The van der Waals surface area contributed by atoms with Crippen LogP contribution in [-0.4, -0.2) is 23.1 Å². The van der Waals surface area contributed by atoms with Crippen molar-refractivity contribution in [1.29, 1.82) is 5.26 Å². The van der Waals surface area contributed by atoms with E-state index in [2.05, 4.69) is 10.3 Å². The molecule has 0 aliphatic heterocycles. The summed E-state index contributed by atoms with van der Waals surface area (Å²) in [5.41, 5.74) is 0.611. The number of nitrogens with zero attached hydrogens (tertiary/aromatic N) is 3. The molecule has 1 N–H and O–H groups in total. The molecule has 7 heteroatoms. The van der Waals surface area contributed by atoms with Gasteiger partial charge < -0.3 is 10.1 Å². The maximum Gasteiger partial charge on any atom is 0.328 e. The van der Waals surface area contributed by atoms with Crippen LogP contribution in [-0.2, 0) is 4.74 Å². The summed E-state index contributed by atoms with van der Waals surface area (Å²) in [6.07, 6.45) is 1.10.